The Bertz CT molecular complexity index is 601. The van der Waals surface area contributed by atoms with Crippen LogP contribution in [-0.2, 0) is 16.0 Å². The summed E-state index contributed by atoms with van der Waals surface area (Å²) in [5.41, 5.74) is 0.0183. The summed E-state index contributed by atoms with van der Waals surface area (Å²) < 4.78 is 10.2. The van der Waals surface area contributed by atoms with Crippen LogP contribution >= 0.6 is 0 Å². The first-order valence-electron chi connectivity index (χ1n) is 7.39. The van der Waals surface area contributed by atoms with Crippen molar-refractivity contribution in [2.45, 2.75) is 13.3 Å². The Morgan fingerprint density at radius 2 is 1.83 bits per heavy atom. The van der Waals surface area contributed by atoms with Crippen LogP contribution < -0.4 is 0 Å². The highest BCUT2D eigenvalue weighted by Crippen LogP contribution is 2.19. The lowest BCUT2D eigenvalue weighted by atomic mass is 10.2. The average molecular weight is 324 g/mol. The number of piperazine rings is 1. The van der Waals surface area contributed by atoms with Gasteiger partial charge in [-0.1, -0.05) is 6.92 Å². The van der Waals surface area contributed by atoms with Crippen LogP contribution in [0.3, 0.4) is 0 Å². The third kappa shape index (κ3) is 3.70. The molecule has 1 saturated heterocycles. The molecule has 0 bridgehead atoms. The quantitative estimate of drug-likeness (QED) is 0.845. The Morgan fingerprint density at radius 3 is 2.30 bits per heavy atom. The second-order valence-corrected chi connectivity index (χ2v) is 5.21. The normalized spacial score (nSPS) is 14.9. The summed E-state index contributed by atoms with van der Waals surface area (Å²) in [4.78, 5) is 38.5. The molecule has 0 atom stereocenters. The van der Waals surface area contributed by atoms with Crippen molar-refractivity contribution in [1.29, 1.82) is 0 Å². The fourth-order valence-corrected chi connectivity index (χ4v) is 2.51. The van der Waals surface area contributed by atoms with E-state index < -0.39 is 5.97 Å². The largest absolute Gasteiger partial charge is 0.478 e. The molecule has 0 spiro atoms. The van der Waals surface area contributed by atoms with E-state index in [0.29, 0.717) is 32.6 Å². The van der Waals surface area contributed by atoms with E-state index in [1.54, 1.807) is 16.7 Å². The molecule has 0 aromatic carbocycles. The smallest absolute Gasteiger partial charge is 0.339 e. The summed E-state index contributed by atoms with van der Waals surface area (Å²) in [6.07, 6.45) is 0.397. The second kappa shape index (κ2) is 7.28. The van der Waals surface area contributed by atoms with Gasteiger partial charge in [0.05, 0.1) is 0 Å². The number of carbonyl (C=O) groups is 3. The maximum atomic E-state index is 12.4. The van der Waals surface area contributed by atoms with Crippen molar-refractivity contribution in [3.05, 3.63) is 23.2 Å². The first kappa shape index (κ1) is 17.0. The molecule has 1 aliphatic rings. The van der Waals surface area contributed by atoms with Crippen molar-refractivity contribution in [3.8, 4) is 0 Å². The van der Waals surface area contributed by atoms with Gasteiger partial charge in [0.25, 0.3) is 5.91 Å². The second-order valence-electron chi connectivity index (χ2n) is 5.21. The number of methoxy groups -OCH3 is 1. The number of hydrogen-bond acceptors (Lipinski definition) is 5. The predicted octanol–water partition coefficient (Wildman–Crippen LogP) is 0.471. The molecule has 2 rings (SSSR count). The molecule has 0 saturated carbocycles. The van der Waals surface area contributed by atoms with Crippen LogP contribution in [-0.4, -0.2) is 72.6 Å². The zero-order chi connectivity index (χ0) is 17.0. The minimum absolute atomic E-state index is 0.0183. The third-order valence-corrected chi connectivity index (χ3v) is 3.76. The van der Waals surface area contributed by atoms with E-state index in [0.717, 1.165) is 0 Å². The van der Waals surface area contributed by atoms with E-state index in [9.17, 15) is 14.4 Å². The molecule has 1 aliphatic heterocycles. The summed E-state index contributed by atoms with van der Waals surface area (Å²) in [6.45, 7) is 3.37. The minimum atomic E-state index is -1.11. The first-order chi connectivity index (χ1) is 11.0. The maximum absolute atomic E-state index is 12.4. The highest BCUT2D eigenvalue weighted by atomic mass is 16.5. The Kier molecular flexibility index (Phi) is 5.38. The van der Waals surface area contributed by atoms with Gasteiger partial charge in [0.2, 0.25) is 5.91 Å². The van der Waals surface area contributed by atoms with Crippen molar-refractivity contribution in [2.75, 3.05) is 39.9 Å². The van der Waals surface area contributed by atoms with E-state index in [1.807, 2.05) is 0 Å². The summed E-state index contributed by atoms with van der Waals surface area (Å²) in [5, 5.41) is 9.11. The monoisotopic (exact) mass is 324 g/mol. The van der Waals surface area contributed by atoms with Crippen molar-refractivity contribution in [1.82, 2.24) is 9.80 Å². The van der Waals surface area contributed by atoms with Crippen molar-refractivity contribution < 1.29 is 28.6 Å². The number of carboxylic acid groups (broad SMARTS) is 1. The van der Waals surface area contributed by atoms with Crippen molar-refractivity contribution in [3.63, 3.8) is 0 Å². The van der Waals surface area contributed by atoms with Gasteiger partial charge in [-0.25, -0.2) is 4.79 Å². The molecule has 8 heteroatoms. The van der Waals surface area contributed by atoms with E-state index in [2.05, 4.69) is 0 Å². The van der Waals surface area contributed by atoms with E-state index in [4.69, 9.17) is 14.3 Å². The van der Waals surface area contributed by atoms with E-state index in [-0.39, 0.29) is 35.5 Å². The lowest BCUT2D eigenvalue weighted by molar-refractivity contribution is -0.136. The predicted molar refractivity (Wildman–Crippen MR) is 79.4 cm³/mol. The molecule has 2 heterocycles. The molecule has 0 aliphatic carbocycles. The average Bonchev–Trinajstić information content (AvgIpc) is 2.99. The SMILES string of the molecule is CCc1oc(C(=O)N2CCN(C(=O)COC)CC2)cc1C(=O)O. The number of hydrogen-bond donors (Lipinski definition) is 1. The van der Waals surface area contributed by atoms with Crippen LogP contribution in [0.25, 0.3) is 0 Å². The standard InChI is InChI=1S/C15H20N2O6/c1-3-11-10(15(20)21)8-12(23-11)14(19)17-6-4-16(5-7-17)13(18)9-22-2/h8H,3-7,9H2,1-2H3,(H,20,21). The molecule has 1 aromatic heterocycles. The number of aryl methyl sites for hydroxylation is 1. The Labute approximate surface area is 133 Å². The van der Waals surface area contributed by atoms with E-state index >= 15 is 0 Å². The van der Waals surface area contributed by atoms with Gasteiger partial charge >= 0.3 is 5.97 Å². The van der Waals surface area contributed by atoms with Crippen molar-refractivity contribution in [2.24, 2.45) is 0 Å². The van der Waals surface area contributed by atoms with Crippen LogP contribution in [0.2, 0.25) is 0 Å². The zero-order valence-electron chi connectivity index (χ0n) is 13.2. The Balaban J connectivity index is 2.03. The molecular formula is C15H20N2O6. The minimum Gasteiger partial charge on any atom is -0.478 e. The number of aromatic carboxylic acids is 1. The van der Waals surface area contributed by atoms with Crippen LogP contribution in [0.5, 0.6) is 0 Å². The van der Waals surface area contributed by atoms with Gasteiger partial charge in [-0.15, -0.1) is 0 Å². The fraction of sp³-hybridized carbons (Fsp3) is 0.533. The molecule has 2 amide bonds. The highest BCUT2D eigenvalue weighted by Gasteiger charge is 2.28. The molecule has 126 valence electrons. The van der Waals surface area contributed by atoms with Crippen LogP contribution in [0.1, 0.15) is 33.6 Å². The van der Waals surface area contributed by atoms with Gasteiger partial charge in [-0.2, -0.15) is 0 Å². The lowest BCUT2D eigenvalue weighted by Crippen LogP contribution is -2.51. The summed E-state index contributed by atoms with van der Waals surface area (Å²) in [6, 6.07) is 1.27. The highest BCUT2D eigenvalue weighted by molar-refractivity contribution is 5.96. The van der Waals surface area contributed by atoms with Gasteiger partial charge in [0.15, 0.2) is 5.76 Å². The number of amides is 2. The number of carboxylic acids is 1. The van der Waals surface area contributed by atoms with Gasteiger partial charge in [0, 0.05) is 45.8 Å². The number of rotatable bonds is 5. The number of furan rings is 1. The lowest BCUT2D eigenvalue weighted by Gasteiger charge is -2.34. The van der Waals surface area contributed by atoms with Gasteiger partial charge in [0.1, 0.15) is 17.9 Å². The summed E-state index contributed by atoms with van der Waals surface area (Å²) in [5.74, 6) is -1.27. The van der Waals surface area contributed by atoms with Crippen LogP contribution in [0, 0.1) is 0 Å². The molecule has 0 radical (unpaired) electrons. The maximum Gasteiger partial charge on any atom is 0.339 e. The van der Waals surface area contributed by atoms with Gasteiger partial charge in [-0.05, 0) is 0 Å². The number of nitrogens with zero attached hydrogens (tertiary/aromatic N) is 2. The Morgan fingerprint density at radius 1 is 1.22 bits per heavy atom. The topological polar surface area (TPSA) is 100 Å². The van der Waals surface area contributed by atoms with Crippen molar-refractivity contribution >= 4 is 17.8 Å². The molecule has 1 N–H and O–H groups in total. The molecule has 1 aromatic rings. The van der Waals surface area contributed by atoms with Crippen LogP contribution in [0.4, 0.5) is 0 Å². The number of carbonyl (C=O) groups excluding carboxylic acids is 2. The molecule has 1 fully saturated rings. The number of ether oxygens (including phenoxy) is 1. The molecule has 0 unspecified atom stereocenters. The summed E-state index contributed by atoms with van der Waals surface area (Å²) >= 11 is 0. The molecule has 23 heavy (non-hydrogen) atoms. The van der Waals surface area contributed by atoms with Gasteiger partial charge < -0.3 is 24.1 Å². The molecular weight excluding hydrogens is 304 g/mol. The van der Waals surface area contributed by atoms with Gasteiger partial charge in [-0.3, -0.25) is 9.59 Å². The zero-order valence-corrected chi connectivity index (χ0v) is 13.2. The van der Waals surface area contributed by atoms with Crippen LogP contribution in [0.15, 0.2) is 10.5 Å². The Hall–Kier alpha value is -2.35. The third-order valence-electron chi connectivity index (χ3n) is 3.76. The van der Waals surface area contributed by atoms with E-state index in [1.165, 1.54) is 13.2 Å². The molecule has 8 nitrogen and oxygen atoms in total. The first-order valence-corrected chi connectivity index (χ1v) is 7.39. The summed E-state index contributed by atoms with van der Waals surface area (Å²) in [7, 11) is 1.46. The fourth-order valence-electron chi connectivity index (χ4n) is 2.51.